The van der Waals surface area contributed by atoms with Gasteiger partial charge in [-0.1, -0.05) is 0 Å². The molecule has 1 fully saturated rings. The Morgan fingerprint density at radius 2 is 2.50 bits per heavy atom. The molecular formula is C7H12N2O. The SMILES string of the molecule is CN=C1CCOC/C1=C/N. The molecule has 0 atom stereocenters. The Balaban J connectivity index is 2.69. The second kappa shape index (κ2) is 3.37. The topological polar surface area (TPSA) is 47.6 Å². The molecule has 1 rings (SSSR count). The Labute approximate surface area is 60.6 Å². The first-order chi connectivity index (χ1) is 4.88. The van der Waals surface area contributed by atoms with E-state index in [0.29, 0.717) is 6.61 Å². The van der Waals surface area contributed by atoms with Crippen LogP contribution in [0.2, 0.25) is 0 Å². The Bertz CT molecular complexity index is 152. The van der Waals surface area contributed by atoms with Gasteiger partial charge in [0.15, 0.2) is 0 Å². The van der Waals surface area contributed by atoms with Crippen molar-refractivity contribution in [2.75, 3.05) is 20.3 Å². The highest BCUT2D eigenvalue weighted by molar-refractivity contribution is 6.00. The highest BCUT2D eigenvalue weighted by Gasteiger charge is 2.11. The summed E-state index contributed by atoms with van der Waals surface area (Å²) >= 11 is 0. The molecule has 2 N–H and O–H groups in total. The number of nitrogens with zero attached hydrogens (tertiary/aromatic N) is 1. The van der Waals surface area contributed by atoms with Gasteiger partial charge in [0, 0.05) is 31.0 Å². The van der Waals surface area contributed by atoms with Gasteiger partial charge in [-0.3, -0.25) is 4.99 Å². The largest absolute Gasteiger partial charge is 0.404 e. The van der Waals surface area contributed by atoms with Crippen LogP contribution < -0.4 is 5.73 Å². The van der Waals surface area contributed by atoms with Crippen LogP contribution in [-0.2, 0) is 4.74 Å². The minimum Gasteiger partial charge on any atom is -0.404 e. The molecular weight excluding hydrogens is 128 g/mol. The molecule has 1 heterocycles. The standard InChI is InChI=1S/C7H12N2O/c1-9-7-2-3-10-5-6(7)4-8/h4H,2-3,5,8H2,1H3/b6-4-,9-7?. The normalized spacial score (nSPS) is 27.7. The van der Waals surface area contributed by atoms with E-state index in [0.717, 1.165) is 24.3 Å². The smallest absolute Gasteiger partial charge is 0.0748 e. The average molecular weight is 140 g/mol. The number of hydrogen-bond acceptors (Lipinski definition) is 3. The van der Waals surface area contributed by atoms with Gasteiger partial charge in [-0.15, -0.1) is 0 Å². The quantitative estimate of drug-likeness (QED) is 0.526. The summed E-state index contributed by atoms with van der Waals surface area (Å²) < 4.78 is 5.18. The van der Waals surface area contributed by atoms with Gasteiger partial charge in [-0.05, 0) is 0 Å². The first-order valence-electron chi connectivity index (χ1n) is 3.33. The second-order valence-corrected chi connectivity index (χ2v) is 2.16. The van der Waals surface area contributed by atoms with Gasteiger partial charge in [-0.2, -0.15) is 0 Å². The molecule has 0 spiro atoms. The fourth-order valence-electron chi connectivity index (χ4n) is 0.995. The van der Waals surface area contributed by atoms with Gasteiger partial charge in [-0.25, -0.2) is 0 Å². The molecule has 1 aliphatic rings. The lowest BCUT2D eigenvalue weighted by molar-refractivity contribution is 0.157. The maximum Gasteiger partial charge on any atom is 0.0748 e. The van der Waals surface area contributed by atoms with Gasteiger partial charge in [0.1, 0.15) is 0 Å². The van der Waals surface area contributed by atoms with Gasteiger partial charge in [0.05, 0.1) is 13.2 Å². The predicted octanol–water partition coefficient (Wildman–Crippen LogP) is 0.320. The third-order valence-electron chi connectivity index (χ3n) is 1.58. The average Bonchev–Trinajstić information content (AvgIpc) is 2.04. The highest BCUT2D eigenvalue weighted by atomic mass is 16.5. The van der Waals surface area contributed by atoms with Crippen molar-refractivity contribution in [3.8, 4) is 0 Å². The predicted molar refractivity (Wildman–Crippen MR) is 41.1 cm³/mol. The summed E-state index contributed by atoms with van der Waals surface area (Å²) in [6, 6.07) is 0. The van der Waals surface area contributed by atoms with Gasteiger partial charge in [0.25, 0.3) is 0 Å². The molecule has 0 unspecified atom stereocenters. The summed E-state index contributed by atoms with van der Waals surface area (Å²) in [5, 5.41) is 0. The molecule has 0 bridgehead atoms. The summed E-state index contributed by atoms with van der Waals surface area (Å²) in [6.07, 6.45) is 2.46. The lowest BCUT2D eigenvalue weighted by Crippen LogP contribution is -2.19. The number of hydrogen-bond donors (Lipinski definition) is 1. The molecule has 0 aromatic rings. The van der Waals surface area contributed by atoms with Crippen LogP contribution in [0.15, 0.2) is 16.8 Å². The molecule has 1 saturated heterocycles. The molecule has 0 aliphatic carbocycles. The fraction of sp³-hybridized carbons (Fsp3) is 0.571. The summed E-state index contributed by atoms with van der Waals surface area (Å²) in [7, 11) is 1.78. The van der Waals surface area contributed by atoms with E-state index in [1.165, 1.54) is 0 Å². The zero-order chi connectivity index (χ0) is 7.40. The van der Waals surface area contributed by atoms with Gasteiger partial charge < -0.3 is 10.5 Å². The molecule has 3 heteroatoms. The van der Waals surface area contributed by atoms with Crippen molar-refractivity contribution in [1.29, 1.82) is 0 Å². The zero-order valence-electron chi connectivity index (χ0n) is 6.13. The van der Waals surface area contributed by atoms with E-state index in [2.05, 4.69) is 4.99 Å². The van der Waals surface area contributed by atoms with Crippen LogP contribution in [0.3, 0.4) is 0 Å². The van der Waals surface area contributed by atoms with Crippen molar-refractivity contribution in [2.24, 2.45) is 10.7 Å². The van der Waals surface area contributed by atoms with Crippen LogP contribution in [0.4, 0.5) is 0 Å². The van der Waals surface area contributed by atoms with Crippen LogP contribution >= 0.6 is 0 Å². The van der Waals surface area contributed by atoms with Gasteiger partial charge in [0.2, 0.25) is 0 Å². The highest BCUT2D eigenvalue weighted by Crippen LogP contribution is 2.08. The van der Waals surface area contributed by atoms with Crippen LogP contribution in [-0.4, -0.2) is 26.0 Å². The number of rotatable bonds is 0. The third-order valence-corrected chi connectivity index (χ3v) is 1.58. The van der Waals surface area contributed by atoms with E-state index in [1.807, 2.05) is 0 Å². The van der Waals surface area contributed by atoms with E-state index in [-0.39, 0.29) is 0 Å². The van der Waals surface area contributed by atoms with Crippen LogP contribution in [0.5, 0.6) is 0 Å². The third kappa shape index (κ3) is 1.36. The Hall–Kier alpha value is -0.830. The van der Waals surface area contributed by atoms with Crippen LogP contribution in [0.25, 0.3) is 0 Å². The number of aliphatic imine (C=N–C) groups is 1. The van der Waals surface area contributed by atoms with Crippen molar-refractivity contribution in [3.05, 3.63) is 11.8 Å². The minimum atomic E-state index is 0.614. The summed E-state index contributed by atoms with van der Waals surface area (Å²) in [4.78, 5) is 4.09. The molecule has 56 valence electrons. The lowest BCUT2D eigenvalue weighted by atomic mass is 10.1. The minimum absolute atomic E-state index is 0.614. The summed E-state index contributed by atoms with van der Waals surface area (Å²) in [5.41, 5.74) is 7.45. The van der Waals surface area contributed by atoms with Crippen molar-refractivity contribution in [1.82, 2.24) is 0 Å². The van der Waals surface area contributed by atoms with E-state index < -0.39 is 0 Å². The Morgan fingerprint density at radius 1 is 1.70 bits per heavy atom. The van der Waals surface area contributed by atoms with E-state index in [1.54, 1.807) is 13.2 Å². The molecule has 0 radical (unpaired) electrons. The lowest BCUT2D eigenvalue weighted by Gasteiger charge is -2.15. The van der Waals surface area contributed by atoms with Gasteiger partial charge >= 0.3 is 0 Å². The van der Waals surface area contributed by atoms with E-state index in [4.69, 9.17) is 10.5 Å². The maximum atomic E-state index is 5.35. The Kier molecular flexibility index (Phi) is 2.45. The van der Waals surface area contributed by atoms with E-state index in [9.17, 15) is 0 Å². The molecule has 3 nitrogen and oxygen atoms in total. The summed E-state index contributed by atoms with van der Waals surface area (Å²) in [6.45, 7) is 1.38. The number of nitrogens with two attached hydrogens (primary N) is 1. The first-order valence-corrected chi connectivity index (χ1v) is 3.33. The van der Waals surface area contributed by atoms with Crippen molar-refractivity contribution >= 4 is 5.71 Å². The van der Waals surface area contributed by atoms with Crippen molar-refractivity contribution < 1.29 is 4.74 Å². The fourth-order valence-corrected chi connectivity index (χ4v) is 0.995. The van der Waals surface area contributed by atoms with Crippen molar-refractivity contribution in [2.45, 2.75) is 6.42 Å². The zero-order valence-corrected chi connectivity index (χ0v) is 6.13. The van der Waals surface area contributed by atoms with Crippen LogP contribution in [0, 0.1) is 0 Å². The molecule has 0 aromatic heterocycles. The first kappa shape index (κ1) is 7.28. The monoisotopic (exact) mass is 140 g/mol. The molecule has 0 saturated carbocycles. The molecule has 10 heavy (non-hydrogen) atoms. The van der Waals surface area contributed by atoms with Crippen molar-refractivity contribution in [3.63, 3.8) is 0 Å². The molecule has 0 aromatic carbocycles. The van der Waals surface area contributed by atoms with E-state index >= 15 is 0 Å². The second-order valence-electron chi connectivity index (χ2n) is 2.16. The maximum absolute atomic E-state index is 5.35. The summed E-state index contributed by atoms with van der Waals surface area (Å²) in [5.74, 6) is 0. The van der Waals surface area contributed by atoms with Crippen LogP contribution in [0.1, 0.15) is 6.42 Å². The Morgan fingerprint density at radius 3 is 3.00 bits per heavy atom. The molecule has 0 amide bonds. The number of ether oxygens (including phenoxy) is 1. The molecule has 1 aliphatic heterocycles.